The largest absolute Gasteiger partial charge is 0.467 e. The van der Waals surface area contributed by atoms with Gasteiger partial charge in [0, 0.05) is 0 Å². The molecule has 0 bridgehead atoms. The van der Waals surface area contributed by atoms with Gasteiger partial charge in [-0.2, -0.15) is 0 Å². The quantitative estimate of drug-likeness (QED) is 0.786. The van der Waals surface area contributed by atoms with E-state index in [4.69, 9.17) is 8.83 Å². The summed E-state index contributed by atoms with van der Waals surface area (Å²) in [7, 11) is 0. The molecule has 1 N–H and O–H groups in total. The van der Waals surface area contributed by atoms with Crippen molar-refractivity contribution in [2.45, 2.75) is 13.0 Å². The molecule has 1 aromatic carbocycles. The molecule has 0 saturated heterocycles. The summed E-state index contributed by atoms with van der Waals surface area (Å²) in [5, 5.41) is 2.76. The molecule has 3 rings (SSSR count). The number of nitrogens with one attached hydrogen (secondary N) is 1. The Morgan fingerprint density at radius 2 is 1.95 bits per heavy atom. The summed E-state index contributed by atoms with van der Waals surface area (Å²) in [5.74, 6) is 0.305. The number of halogens is 1. The second kappa shape index (κ2) is 5.89. The van der Waals surface area contributed by atoms with Crippen LogP contribution in [0.1, 0.15) is 29.3 Å². The molecule has 22 heavy (non-hydrogen) atoms. The van der Waals surface area contributed by atoms with Crippen LogP contribution in [0, 0.1) is 5.82 Å². The van der Waals surface area contributed by atoms with E-state index >= 15 is 0 Å². The molecule has 0 radical (unpaired) electrons. The van der Waals surface area contributed by atoms with Gasteiger partial charge in [-0.1, -0.05) is 12.1 Å². The number of furan rings is 2. The van der Waals surface area contributed by atoms with Crippen LogP contribution >= 0.6 is 0 Å². The summed E-state index contributed by atoms with van der Waals surface area (Å²) in [5.41, 5.74) is 0.320. The van der Waals surface area contributed by atoms with Gasteiger partial charge in [0.25, 0.3) is 5.91 Å². The van der Waals surface area contributed by atoms with Crippen LogP contribution in [0.5, 0.6) is 0 Å². The highest BCUT2D eigenvalue weighted by molar-refractivity contribution is 5.92. The number of carbonyl (C=O) groups excluding carboxylic acids is 1. The van der Waals surface area contributed by atoms with Crippen LogP contribution in [0.3, 0.4) is 0 Å². The molecular weight excluding hydrogens is 285 g/mol. The Labute approximate surface area is 126 Å². The van der Waals surface area contributed by atoms with Gasteiger partial charge >= 0.3 is 0 Å². The number of hydrogen-bond donors (Lipinski definition) is 1. The van der Waals surface area contributed by atoms with Crippen LogP contribution in [-0.2, 0) is 0 Å². The third kappa shape index (κ3) is 2.79. The van der Waals surface area contributed by atoms with Crippen molar-refractivity contribution < 1.29 is 18.0 Å². The lowest BCUT2D eigenvalue weighted by Gasteiger charge is -2.09. The van der Waals surface area contributed by atoms with Gasteiger partial charge in [0.2, 0.25) is 0 Å². The zero-order chi connectivity index (χ0) is 15.5. The number of rotatable bonds is 4. The molecule has 0 fully saturated rings. The van der Waals surface area contributed by atoms with E-state index in [-0.39, 0.29) is 17.7 Å². The van der Waals surface area contributed by atoms with Crippen LogP contribution < -0.4 is 5.32 Å². The van der Waals surface area contributed by atoms with Crippen molar-refractivity contribution in [3.63, 3.8) is 0 Å². The van der Waals surface area contributed by atoms with Gasteiger partial charge in [0.05, 0.1) is 17.9 Å². The van der Waals surface area contributed by atoms with Crippen LogP contribution in [0.2, 0.25) is 0 Å². The van der Waals surface area contributed by atoms with Gasteiger partial charge in [-0.25, -0.2) is 4.39 Å². The second-order valence-electron chi connectivity index (χ2n) is 4.85. The first-order chi connectivity index (χ1) is 10.6. The Kier molecular flexibility index (Phi) is 3.78. The first-order valence-electron chi connectivity index (χ1n) is 6.84. The fourth-order valence-electron chi connectivity index (χ4n) is 2.14. The highest BCUT2D eigenvalue weighted by atomic mass is 19.1. The van der Waals surface area contributed by atoms with Gasteiger partial charge in [-0.15, -0.1) is 0 Å². The highest BCUT2D eigenvalue weighted by Gasteiger charge is 2.17. The summed E-state index contributed by atoms with van der Waals surface area (Å²) in [6, 6.07) is 12.6. The first kappa shape index (κ1) is 14.1. The van der Waals surface area contributed by atoms with Crippen molar-refractivity contribution in [2.75, 3.05) is 0 Å². The van der Waals surface area contributed by atoms with E-state index in [1.165, 1.54) is 12.1 Å². The highest BCUT2D eigenvalue weighted by Crippen LogP contribution is 2.25. The molecule has 5 heteroatoms. The molecule has 2 aromatic heterocycles. The van der Waals surface area contributed by atoms with Gasteiger partial charge in [0.15, 0.2) is 5.76 Å². The van der Waals surface area contributed by atoms with Crippen molar-refractivity contribution in [3.05, 3.63) is 72.1 Å². The summed E-state index contributed by atoms with van der Waals surface area (Å²) in [6.45, 7) is 1.80. The molecule has 112 valence electrons. The predicted molar refractivity (Wildman–Crippen MR) is 78.7 cm³/mol. The fraction of sp³-hybridized carbons (Fsp3) is 0.118. The molecule has 0 spiro atoms. The number of carbonyl (C=O) groups is 1. The molecule has 0 aliphatic rings. The standard InChI is InChI=1S/C17H14FNO3/c1-11(14-7-4-10-21-14)19-17(20)16-9-8-15(22-16)12-5-2-3-6-13(12)18/h2-11H,1H3,(H,19,20)/t11-/m0/s1. The SMILES string of the molecule is C[C@H](NC(=O)c1ccc(-c2ccccc2F)o1)c1ccco1. The summed E-state index contributed by atoms with van der Waals surface area (Å²) >= 11 is 0. The molecule has 4 nitrogen and oxygen atoms in total. The van der Waals surface area contributed by atoms with Crippen LogP contribution in [0.4, 0.5) is 4.39 Å². The molecule has 0 saturated carbocycles. The zero-order valence-corrected chi connectivity index (χ0v) is 11.9. The average Bonchev–Trinajstić information content (AvgIpc) is 3.19. The Morgan fingerprint density at radius 3 is 2.68 bits per heavy atom. The van der Waals surface area contributed by atoms with Crippen molar-refractivity contribution >= 4 is 5.91 Å². The maximum absolute atomic E-state index is 13.7. The maximum atomic E-state index is 13.7. The molecular formula is C17H14FNO3. The van der Waals surface area contributed by atoms with E-state index in [2.05, 4.69) is 5.32 Å². The molecule has 0 unspecified atom stereocenters. The Bertz CT molecular complexity index is 777. The van der Waals surface area contributed by atoms with Gasteiger partial charge in [-0.05, 0) is 43.3 Å². The average molecular weight is 299 g/mol. The molecule has 1 atom stereocenters. The minimum atomic E-state index is -0.396. The van der Waals surface area contributed by atoms with Crippen LogP contribution in [0.15, 0.2) is 63.6 Å². The lowest BCUT2D eigenvalue weighted by Crippen LogP contribution is -2.25. The molecule has 0 aliphatic heterocycles. The van der Waals surface area contributed by atoms with Crippen molar-refractivity contribution in [2.24, 2.45) is 0 Å². The molecule has 3 aromatic rings. The van der Waals surface area contributed by atoms with Crippen LogP contribution in [-0.4, -0.2) is 5.91 Å². The van der Waals surface area contributed by atoms with E-state index < -0.39 is 5.82 Å². The third-order valence-electron chi connectivity index (χ3n) is 3.29. The minimum absolute atomic E-state index is 0.122. The van der Waals surface area contributed by atoms with Gasteiger partial charge in [-0.3, -0.25) is 4.79 Å². The second-order valence-corrected chi connectivity index (χ2v) is 4.85. The Hall–Kier alpha value is -2.82. The smallest absolute Gasteiger partial charge is 0.287 e. The zero-order valence-electron chi connectivity index (χ0n) is 11.9. The van der Waals surface area contributed by atoms with Crippen molar-refractivity contribution in [1.82, 2.24) is 5.32 Å². The normalized spacial score (nSPS) is 12.1. The topological polar surface area (TPSA) is 55.4 Å². The summed E-state index contributed by atoms with van der Waals surface area (Å²) < 4.78 is 24.4. The summed E-state index contributed by atoms with van der Waals surface area (Å²) in [6.07, 6.45) is 1.54. The fourth-order valence-corrected chi connectivity index (χ4v) is 2.14. The Balaban J connectivity index is 1.76. The third-order valence-corrected chi connectivity index (χ3v) is 3.29. The lowest BCUT2D eigenvalue weighted by molar-refractivity contribution is 0.0908. The summed E-state index contributed by atoms with van der Waals surface area (Å²) in [4.78, 5) is 12.1. The lowest BCUT2D eigenvalue weighted by atomic mass is 10.1. The van der Waals surface area contributed by atoms with E-state index in [1.54, 1.807) is 49.6 Å². The van der Waals surface area contributed by atoms with Crippen LogP contribution in [0.25, 0.3) is 11.3 Å². The monoisotopic (exact) mass is 299 g/mol. The molecule has 2 heterocycles. The Morgan fingerprint density at radius 1 is 1.14 bits per heavy atom. The van der Waals surface area contributed by atoms with E-state index in [0.717, 1.165) is 0 Å². The number of benzene rings is 1. The van der Waals surface area contributed by atoms with E-state index in [1.807, 2.05) is 0 Å². The number of hydrogen-bond acceptors (Lipinski definition) is 3. The minimum Gasteiger partial charge on any atom is -0.467 e. The maximum Gasteiger partial charge on any atom is 0.287 e. The van der Waals surface area contributed by atoms with Gasteiger partial charge < -0.3 is 14.2 Å². The molecule has 1 amide bonds. The van der Waals surface area contributed by atoms with Crippen molar-refractivity contribution in [3.8, 4) is 11.3 Å². The first-order valence-corrected chi connectivity index (χ1v) is 6.84. The number of amides is 1. The van der Waals surface area contributed by atoms with Gasteiger partial charge in [0.1, 0.15) is 17.3 Å². The van der Waals surface area contributed by atoms with E-state index in [9.17, 15) is 9.18 Å². The predicted octanol–water partition coefficient (Wildman–Crippen LogP) is 4.17. The van der Waals surface area contributed by atoms with Crippen molar-refractivity contribution in [1.29, 1.82) is 0 Å². The molecule has 0 aliphatic carbocycles. The van der Waals surface area contributed by atoms with E-state index in [0.29, 0.717) is 17.1 Å².